The van der Waals surface area contributed by atoms with Crippen LogP contribution in [0.5, 0.6) is 0 Å². The van der Waals surface area contributed by atoms with Crippen molar-refractivity contribution in [3.63, 3.8) is 0 Å². The fourth-order valence-electron chi connectivity index (χ4n) is 3.69. The fourth-order valence-corrected chi connectivity index (χ4v) is 3.69. The minimum atomic E-state index is 0.483. The maximum atomic E-state index is 5.85. The fraction of sp³-hybridized carbons (Fsp3) is 1.00. The van der Waals surface area contributed by atoms with E-state index in [0.29, 0.717) is 11.5 Å². The van der Waals surface area contributed by atoms with E-state index in [9.17, 15) is 0 Å². The number of nitrogens with zero attached hydrogens (tertiary/aromatic N) is 1. The van der Waals surface area contributed by atoms with Gasteiger partial charge in [-0.3, -0.25) is 0 Å². The molecule has 2 aliphatic heterocycles. The molecular weight excluding hydrogens is 224 g/mol. The molecule has 0 aromatic rings. The highest BCUT2D eigenvalue weighted by Crippen LogP contribution is 2.32. The molecule has 0 bridgehead atoms. The number of hydrogen-bond donors (Lipinski definition) is 1. The zero-order valence-corrected chi connectivity index (χ0v) is 12.2. The monoisotopic (exact) mass is 254 g/mol. The summed E-state index contributed by atoms with van der Waals surface area (Å²) in [6.07, 6.45) is 8.34. The SMILES string of the molecule is CCCC1(CN(C)CC2CCCCO2)CCNC1. The molecule has 2 saturated heterocycles. The van der Waals surface area contributed by atoms with Crippen LogP contribution in [0.1, 0.15) is 45.4 Å². The van der Waals surface area contributed by atoms with E-state index in [1.807, 2.05) is 0 Å². The molecule has 2 atom stereocenters. The Kier molecular flexibility index (Phi) is 5.46. The van der Waals surface area contributed by atoms with Crippen molar-refractivity contribution in [1.82, 2.24) is 10.2 Å². The maximum absolute atomic E-state index is 5.85. The number of hydrogen-bond acceptors (Lipinski definition) is 3. The van der Waals surface area contributed by atoms with Gasteiger partial charge in [0.25, 0.3) is 0 Å². The minimum absolute atomic E-state index is 0.483. The number of likely N-dealkylation sites (N-methyl/N-ethyl adjacent to an activating group) is 1. The third-order valence-corrected chi connectivity index (χ3v) is 4.51. The molecular formula is C15H30N2O. The molecule has 1 N–H and O–H groups in total. The smallest absolute Gasteiger partial charge is 0.0701 e. The first kappa shape index (κ1) is 14.3. The summed E-state index contributed by atoms with van der Waals surface area (Å²) in [6.45, 7) is 8.04. The van der Waals surface area contributed by atoms with Crippen molar-refractivity contribution >= 4 is 0 Å². The summed E-state index contributed by atoms with van der Waals surface area (Å²) in [7, 11) is 2.27. The second-order valence-corrected chi connectivity index (χ2v) is 6.36. The molecule has 0 amide bonds. The molecule has 3 nitrogen and oxygen atoms in total. The van der Waals surface area contributed by atoms with Crippen LogP contribution in [0, 0.1) is 5.41 Å². The summed E-state index contributed by atoms with van der Waals surface area (Å²) in [4.78, 5) is 2.51. The first-order valence-corrected chi connectivity index (χ1v) is 7.75. The predicted octanol–water partition coefficient (Wildman–Crippen LogP) is 2.27. The second-order valence-electron chi connectivity index (χ2n) is 6.36. The molecule has 2 fully saturated rings. The van der Waals surface area contributed by atoms with Gasteiger partial charge in [0.1, 0.15) is 0 Å². The van der Waals surface area contributed by atoms with Gasteiger partial charge in [0, 0.05) is 26.2 Å². The Morgan fingerprint density at radius 3 is 2.89 bits per heavy atom. The average molecular weight is 254 g/mol. The van der Waals surface area contributed by atoms with Crippen LogP contribution < -0.4 is 5.32 Å². The highest BCUT2D eigenvalue weighted by atomic mass is 16.5. The van der Waals surface area contributed by atoms with Crippen LogP contribution >= 0.6 is 0 Å². The summed E-state index contributed by atoms with van der Waals surface area (Å²) < 4.78 is 5.85. The topological polar surface area (TPSA) is 24.5 Å². The van der Waals surface area contributed by atoms with E-state index < -0.39 is 0 Å². The largest absolute Gasteiger partial charge is 0.377 e. The average Bonchev–Trinajstić information content (AvgIpc) is 2.79. The van der Waals surface area contributed by atoms with Crippen molar-refractivity contribution in [2.45, 2.75) is 51.6 Å². The molecule has 2 heterocycles. The molecule has 2 unspecified atom stereocenters. The quantitative estimate of drug-likeness (QED) is 0.787. The van der Waals surface area contributed by atoms with Gasteiger partial charge in [-0.05, 0) is 51.1 Å². The molecule has 3 heteroatoms. The van der Waals surface area contributed by atoms with Gasteiger partial charge in [0.15, 0.2) is 0 Å². The van der Waals surface area contributed by atoms with E-state index in [1.165, 1.54) is 58.2 Å². The van der Waals surface area contributed by atoms with Gasteiger partial charge >= 0.3 is 0 Å². The number of nitrogens with one attached hydrogen (secondary N) is 1. The standard InChI is InChI=1S/C15H30N2O/c1-3-7-15(8-9-16-12-15)13-17(2)11-14-6-4-5-10-18-14/h14,16H,3-13H2,1-2H3. The van der Waals surface area contributed by atoms with Crippen molar-refractivity contribution in [2.24, 2.45) is 5.41 Å². The number of rotatable bonds is 6. The van der Waals surface area contributed by atoms with Gasteiger partial charge in [0.2, 0.25) is 0 Å². The van der Waals surface area contributed by atoms with Gasteiger partial charge in [-0.2, -0.15) is 0 Å². The molecule has 0 aliphatic carbocycles. The van der Waals surface area contributed by atoms with Gasteiger partial charge in [-0.25, -0.2) is 0 Å². The Labute approximate surface area is 112 Å². The highest BCUT2D eigenvalue weighted by Gasteiger charge is 2.34. The second kappa shape index (κ2) is 6.88. The summed E-state index contributed by atoms with van der Waals surface area (Å²) in [5, 5.41) is 3.55. The Bertz CT molecular complexity index is 233. The Morgan fingerprint density at radius 1 is 1.39 bits per heavy atom. The molecule has 2 rings (SSSR count). The first-order chi connectivity index (χ1) is 8.74. The van der Waals surface area contributed by atoms with Crippen molar-refractivity contribution in [2.75, 3.05) is 39.8 Å². The van der Waals surface area contributed by atoms with Gasteiger partial charge < -0.3 is 15.0 Å². The molecule has 106 valence electrons. The summed E-state index contributed by atoms with van der Waals surface area (Å²) in [5.74, 6) is 0. The maximum Gasteiger partial charge on any atom is 0.0701 e. The molecule has 2 aliphatic rings. The van der Waals surface area contributed by atoms with Crippen molar-refractivity contribution in [1.29, 1.82) is 0 Å². The van der Waals surface area contributed by atoms with Crippen LogP contribution in [0.15, 0.2) is 0 Å². The lowest BCUT2D eigenvalue weighted by molar-refractivity contribution is -0.00745. The minimum Gasteiger partial charge on any atom is -0.377 e. The van der Waals surface area contributed by atoms with Crippen molar-refractivity contribution in [3.05, 3.63) is 0 Å². The molecule has 18 heavy (non-hydrogen) atoms. The summed E-state index contributed by atoms with van der Waals surface area (Å²) >= 11 is 0. The van der Waals surface area contributed by atoms with E-state index in [1.54, 1.807) is 0 Å². The lowest BCUT2D eigenvalue weighted by Gasteiger charge is -2.35. The van der Waals surface area contributed by atoms with Crippen LogP contribution in [0.4, 0.5) is 0 Å². The van der Waals surface area contributed by atoms with E-state index >= 15 is 0 Å². The Balaban J connectivity index is 1.78. The molecule has 0 spiro atoms. The Morgan fingerprint density at radius 2 is 2.28 bits per heavy atom. The van der Waals surface area contributed by atoms with Crippen LogP contribution in [0.2, 0.25) is 0 Å². The molecule has 0 radical (unpaired) electrons. The zero-order valence-electron chi connectivity index (χ0n) is 12.2. The zero-order chi connectivity index (χ0) is 12.8. The van der Waals surface area contributed by atoms with Gasteiger partial charge in [0.05, 0.1) is 6.10 Å². The lowest BCUT2D eigenvalue weighted by Crippen LogP contribution is -2.41. The van der Waals surface area contributed by atoms with Crippen molar-refractivity contribution in [3.8, 4) is 0 Å². The Hall–Kier alpha value is -0.120. The van der Waals surface area contributed by atoms with Crippen LogP contribution in [0.3, 0.4) is 0 Å². The molecule has 0 aromatic carbocycles. The summed E-state index contributed by atoms with van der Waals surface area (Å²) in [6, 6.07) is 0. The van der Waals surface area contributed by atoms with E-state index in [0.717, 1.165) is 13.2 Å². The van der Waals surface area contributed by atoms with Crippen molar-refractivity contribution < 1.29 is 4.74 Å². The summed E-state index contributed by atoms with van der Waals surface area (Å²) in [5.41, 5.74) is 0.526. The van der Waals surface area contributed by atoms with Crippen LogP contribution in [-0.2, 0) is 4.74 Å². The highest BCUT2D eigenvalue weighted by molar-refractivity contribution is 4.90. The molecule has 0 aromatic heterocycles. The van der Waals surface area contributed by atoms with Crippen LogP contribution in [0.25, 0.3) is 0 Å². The first-order valence-electron chi connectivity index (χ1n) is 7.75. The van der Waals surface area contributed by atoms with E-state index in [4.69, 9.17) is 4.74 Å². The normalized spacial score (nSPS) is 33.2. The lowest BCUT2D eigenvalue weighted by atomic mass is 9.82. The third kappa shape index (κ3) is 3.94. The van der Waals surface area contributed by atoms with E-state index in [2.05, 4.69) is 24.2 Å². The van der Waals surface area contributed by atoms with E-state index in [-0.39, 0.29) is 0 Å². The molecule has 0 saturated carbocycles. The predicted molar refractivity (Wildman–Crippen MR) is 75.9 cm³/mol. The van der Waals surface area contributed by atoms with Gasteiger partial charge in [-0.15, -0.1) is 0 Å². The third-order valence-electron chi connectivity index (χ3n) is 4.51. The van der Waals surface area contributed by atoms with Crippen LogP contribution in [-0.4, -0.2) is 50.8 Å². The van der Waals surface area contributed by atoms with Gasteiger partial charge in [-0.1, -0.05) is 13.3 Å². The number of ether oxygens (including phenoxy) is 1.